The Morgan fingerprint density at radius 1 is 1.23 bits per heavy atom. The van der Waals surface area contributed by atoms with Crippen LogP contribution in [0.5, 0.6) is 0 Å². The Labute approximate surface area is 154 Å². The molecule has 2 atom stereocenters. The summed E-state index contributed by atoms with van der Waals surface area (Å²) in [5.74, 6) is 0.566. The fourth-order valence-electron chi connectivity index (χ4n) is 4.22. The number of pyridine rings is 1. The van der Waals surface area contributed by atoms with E-state index in [1.54, 1.807) is 6.20 Å². The molecule has 2 fully saturated rings. The number of aromatic nitrogens is 2. The van der Waals surface area contributed by atoms with E-state index in [-0.39, 0.29) is 18.1 Å². The molecule has 1 amide bonds. The maximum atomic E-state index is 13.0. The van der Waals surface area contributed by atoms with Gasteiger partial charge in [0.1, 0.15) is 12.2 Å². The Morgan fingerprint density at radius 3 is 2.69 bits per heavy atom. The van der Waals surface area contributed by atoms with Crippen molar-refractivity contribution in [3.05, 3.63) is 30.1 Å². The van der Waals surface area contributed by atoms with E-state index >= 15 is 0 Å². The maximum absolute atomic E-state index is 13.0. The summed E-state index contributed by atoms with van der Waals surface area (Å²) in [7, 11) is 0. The average Bonchev–Trinajstić information content (AvgIpc) is 3.00. The molecule has 0 unspecified atom stereocenters. The average molecular weight is 357 g/mol. The van der Waals surface area contributed by atoms with E-state index in [0.717, 1.165) is 37.1 Å². The van der Waals surface area contributed by atoms with Crippen LogP contribution in [0.25, 0.3) is 11.0 Å². The van der Waals surface area contributed by atoms with Gasteiger partial charge in [0, 0.05) is 49.5 Å². The van der Waals surface area contributed by atoms with Gasteiger partial charge in [-0.25, -0.2) is 4.98 Å². The standard InChI is InChI=1S/C20H27N3O3/c1-14-11-22(12-15(2)26-14)19(24)13-23-18(16-5-8-25-9-6-16)10-17-4-3-7-21-20(17)23/h3-4,7,10,14-16H,5-6,8-9,11-13H2,1-2H3/t14-,15+. The second-order valence-corrected chi connectivity index (χ2v) is 7.51. The lowest BCUT2D eigenvalue weighted by Gasteiger charge is -2.35. The Hall–Kier alpha value is -1.92. The topological polar surface area (TPSA) is 56.6 Å². The van der Waals surface area contributed by atoms with E-state index in [4.69, 9.17) is 9.47 Å². The van der Waals surface area contributed by atoms with Crippen molar-refractivity contribution in [3.8, 4) is 0 Å². The summed E-state index contributed by atoms with van der Waals surface area (Å²) in [4.78, 5) is 19.5. The number of ether oxygens (including phenoxy) is 2. The summed E-state index contributed by atoms with van der Waals surface area (Å²) in [6.45, 7) is 7.27. The number of fused-ring (bicyclic) bond motifs is 1. The van der Waals surface area contributed by atoms with Crippen LogP contribution in [0.3, 0.4) is 0 Å². The molecule has 6 heteroatoms. The van der Waals surface area contributed by atoms with Crippen molar-refractivity contribution in [1.82, 2.24) is 14.5 Å². The van der Waals surface area contributed by atoms with Gasteiger partial charge in [-0.15, -0.1) is 0 Å². The Kier molecular flexibility index (Phi) is 4.96. The van der Waals surface area contributed by atoms with Crippen molar-refractivity contribution in [2.75, 3.05) is 26.3 Å². The molecule has 0 bridgehead atoms. The van der Waals surface area contributed by atoms with Crippen molar-refractivity contribution in [3.63, 3.8) is 0 Å². The number of carbonyl (C=O) groups excluding carboxylic acids is 1. The van der Waals surface area contributed by atoms with Crippen LogP contribution >= 0.6 is 0 Å². The van der Waals surface area contributed by atoms with Gasteiger partial charge >= 0.3 is 0 Å². The van der Waals surface area contributed by atoms with Gasteiger partial charge in [-0.05, 0) is 44.9 Å². The molecule has 0 aliphatic carbocycles. The third-order valence-corrected chi connectivity index (χ3v) is 5.39. The zero-order chi connectivity index (χ0) is 18.1. The maximum Gasteiger partial charge on any atom is 0.242 e. The van der Waals surface area contributed by atoms with Gasteiger partial charge in [0.05, 0.1) is 12.2 Å². The van der Waals surface area contributed by atoms with Crippen molar-refractivity contribution in [2.45, 2.75) is 51.4 Å². The molecule has 0 saturated carbocycles. The zero-order valence-electron chi connectivity index (χ0n) is 15.6. The van der Waals surface area contributed by atoms with Crippen LogP contribution in [0, 0.1) is 0 Å². The largest absolute Gasteiger partial charge is 0.381 e. The molecule has 140 valence electrons. The predicted molar refractivity (Wildman–Crippen MR) is 99.1 cm³/mol. The summed E-state index contributed by atoms with van der Waals surface area (Å²) in [5.41, 5.74) is 2.11. The highest BCUT2D eigenvalue weighted by Gasteiger charge is 2.28. The summed E-state index contributed by atoms with van der Waals surface area (Å²) in [6, 6.07) is 6.23. The summed E-state index contributed by atoms with van der Waals surface area (Å²) >= 11 is 0. The Balaban J connectivity index is 1.63. The van der Waals surface area contributed by atoms with Gasteiger partial charge in [0.2, 0.25) is 5.91 Å². The Bertz CT molecular complexity index is 772. The van der Waals surface area contributed by atoms with E-state index in [2.05, 4.69) is 21.7 Å². The number of nitrogens with zero attached hydrogens (tertiary/aromatic N) is 3. The highest BCUT2D eigenvalue weighted by molar-refractivity contribution is 5.82. The molecule has 6 nitrogen and oxygen atoms in total. The number of rotatable bonds is 3. The number of amides is 1. The molecule has 0 spiro atoms. The highest BCUT2D eigenvalue weighted by Crippen LogP contribution is 2.31. The molecule has 26 heavy (non-hydrogen) atoms. The lowest BCUT2D eigenvalue weighted by Crippen LogP contribution is -2.49. The first-order chi connectivity index (χ1) is 12.6. The van der Waals surface area contributed by atoms with Gasteiger partial charge in [0.25, 0.3) is 0 Å². The summed E-state index contributed by atoms with van der Waals surface area (Å²) < 4.78 is 13.4. The zero-order valence-corrected chi connectivity index (χ0v) is 15.6. The van der Waals surface area contributed by atoms with E-state index in [1.807, 2.05) is 24.8 Å². The number of morpholine rings is 1. The molecule has 0 aromatic carbocycles. The van der Waals surface area contributed by atoms with Crippen molar-refractivity contribution in [2.24, 2.45) is 0 Å². The Morgan fingerprint density at radius 2 is 1.96 bits per heavy atom. The molecule has 2 saturated heterocycles. The third kappa shape index (κ3) is 3.48. The lowest BCUT2D eigenvalue weighted by molar-refractivity contribution is -0.143. The van der Waals surface area contributed by atoms with Crippen molar-refractivity contribution in [1.29, 1.82) is 0 Å². The summed E-state index contributed by atoms with van der Waals surface area (Å²) in [5, 5.41) is 1.10. The second kappa shape index (κ2) is 7.37. The van der Waals surface area contributed by atoms with Crippen molar-refractivity contribution < 1.29 is 14.3 Å². The predicted octanol–water partition coefficient (Wildman–Crippen LogP) is 2.57. The normalized spacial score (nSPS) is 24.9. The second-order valence-electron chi connectivity index (χ2n) is 7.51. The van der Waals surface area contributed by atoms with Crippen LogP contribution in [0.4, 0.5) is 0 Å². The monoisotopic (exact) mass is 357 g/mol. The van der Waals surface area contributed by atoms with Crippen LogP contribution in [-0.2, 0) is 20.8 Å². The number of carbonyl (C=O) groups is 1. The molecular formula is C20H27N3O3. The van der Waals surface area contributed by atoms with Crippen LogP contribution < -0.4 is 0 Å². The van der Waals surface area contributed by atoms with Crippen LogP contribution in [0.2, 0.25) is 0 Å². The van der Waals surface area contributed by atoms with Crippen LogP contribution in [0.1, 0.15) is 38.3 Å². The molecule has 4 rings (SSSR count). The number of hydrogen-bond donors (Lipinski definition) is 0. The molecule has 0 N–H and O–H groups in total. The van der Waals surface area contributed by atoms with Gasteiger partial charge in [0.15, 0.2) is 0 Å². The molecule has 2 aliphatic rings. The van der Waals surface area contributed by atoms with Gasteiger partial charge in [-0.2, -0.15) is 0 Å². The SMILES string of the molecule is C[C@@H]1CN(C(=O)Cn2c(C3CCOCC3)cc3cccnc32)C[C@H](C)O1. The fraction of sp³-hybridized carbons (Fsp3) is 0.600. The minimum absolute atomic E-state index is 0.0807. The molecular weight excluding hydrogens is 330 g/mol. The third-order valence-electron chi connectivity index (χ3n) is 5.39. The molecule has 4 heterocycles. The summed E-state index contributed by atoms with van der Waals surface area (Å²) in [6.07, 6.45) is 3.96. The van der Waals surface area contributed by atoms with E-state index < -0.39 is 0 Å². The quantitative estimate of drug-likeness (QED) is 0.847. The van der Waals surface area contributed by atoms with Crippen LogP contribution in [-0.4, -0.2) is 58.9 Å². The van der Waals surface area contributed by atoms with Gasteiger partial charge in [-0.3, -0.25) is 4.79 Å². The first-order valence-electron chi connectivity index (χ1n) is 9.57. The van der Waals surface area contributed by atoms with Gasteiger partial charge in [-0.1, -0.05) is 0 Å². The highest BCUT2D eigenvalue weighted by atomic mass is 16.5. The molecule has 2 aromatic rings. The fourth-order valence-corrected chi connectivity index (χ4v) is 4.22. The number of hydrogen-bond acceptors (Lipinski definition) is 4. The first-order valence-corrected chi connectivity index (χ1v) is 9.57. The van der Waals surface area contributed by atoms with Crippen molar-refractivity contribution >= 4 is 16.9 Å². The molecule has 2 aromatic heterocycles. The minimum Gasteiger partial charge on any atom is -0.381 e. The van der Waals surface area contributed by atoms with E-state index in [1.165, 1.54) is 5.69 Å². The minimum atomic E-state index is 0.0807. The van der Waals surface area contributed by atoms with E-state index in [9.17, 15) is 4.79 Å². The first kappa shape index (κ1) is 17.5. The smallest absolute Gasteiger partial charge is 0.242 e. The lowest BCUT2D eigenvalue weighted by atomic mass is 9.96. The molecule has 0 radical (unpaired) electrons. The van der Waals surface area contributed by atoms with Crippen LogP contribution in [0.15, 0.2) is 24.4 Å². The van der Waals surface area contributed by atoms with E-state index in [0.29, 0.717) is 25.6 Å². The van der Waals surface area contributed by atoms with Gasteiger partial charge < -0.3 is 18.9 Å². The molecule has 2 aliphatic heterocycles.